The van der Waals surface area contributed by atoms with Crippen molar-refractivity contribution < 1.29 is 0 Å². The van der Waals surface area contributed by atoms with Gasteiger partial charge in [-0.05, 0) is 43.4 Å². The molecule has 0 aromatic heterocycles. The fourth-order valence-corrected chi connectivity index (χ4v) is 2.92. The van der Waals surface area contributed by atoms with Crippen molar-refractivity contribution in [1.29, 1.82) is 0 Å². The quantitative estimate of drug-likeness (QED) is 0.487. The normalized spacial score (nSPS) is 20.5. The summed E-state index contributed by atoms with van der Waals surface area (Å²) in [6.45, 7) is 0. The molecule has 2 aliphatic rings. The molecule has 0 radical (unpaired) electrons. The molecule has 0 N–H and O–H groups in total. The molecule has 0 heterocycles. The molecule has 0 nitrogen and oxygen atoms in total. The van der Waals surface area contributed by atoms with E-state index in [1.807, 2.05) is 17.8 Å². The van der Waals surface area contributed by atoms with Crippen LogP contribution in [0.4, 0.5) is 0 Å². The third-order valence-corrected chi connectivity index (χ3v) is 3.82. The molecule has 0 aromatic carbocycles. The van der Waals surface area contributed by atoms with Crippen LogP contribution in [-0.2, 0) is 0 Å². The van der Waals surface area contributed by atoms with Gasteiger partial charge < -0.3 is 0 Å². The van der Waals surface area contributed by atoms with Crippen molar-refractivity contribution in [1.82, 2.24) is 0 Å². The Morgan fingerprint density at radius 1 is 1.13 bits per heavy atom. The van der Waals surface area contributed by atoms with Gasteiger partial charge in [0, 0.05) is 17.4 Å². The lowest BCUT2D eigenvalue weighted by atomic mass is 10.1. The maximum atomic E-state index is 3.31. The van der Waals surface area contributed by atoms with Gasteiger partial charge in [-0.15, -0.1) is 5.73 Å². The van der Waals surface area contributed by atoms with Gasteiger partial charge in [-0.25, -0.2) is 0 Å². The zero-order chi connectivity index (χ0) is 10.3. The maximum absolute atomic E-state index is 3.31. The summed E-state index contributed by atoms with van der Waals surface area (Å²) in [7, 11) is 0. The maximum Gasteiger partial charge on any atom is 0.0319 e. The molecule has 0 spiro atoms. The summed E-state index contributed by atoms with van der Waals surface area (Å²) in [5.74, 6) is 6.12. The number of rotatable bonds is 2. The first-order valence-electron chi connectivity index (χ1n) is 5.74. The minimum absolute atomic E-state index is 1.03. The fraction of sp³-hybridized carbons (Fsp3) is 0.500. The number of hydrogen-bond acceptors (Lipinski definition) is 1. The van der Waals surface area contributed by atoms with Crippen LogP contribution in [0.3, 0.4) is 0 Å². The molecule has 0 fully saturated rings. The molecule has 0 aliphatic heterocycles. The smallest absolute Gasteiger partial charge is 0.0319 e. The highest BCUT2D eigenvalue weighted by molar-refractivity contribution is 8.06. The lowest BCUT2D eigenvalue weighted by Crippen LogP contribution is -1.89. The van der Waals surface area contributed by atoms with Crippen LogP contribution in [0.1, 0.15) is 44.9 Å². The Kier molecular flexibility index (Phi) is 4.21. The Morgan fingerprint density at radius 3 is 3.00 bits per heavy atom. The second-order valence-corrected chi connectivity index (χ2v) is 5.13. The van der Waals surface area contributed by atoms with Crippen molar-refractivity contribution in [2.24, 2.45) is 0 Å². The van der Waals surface area contributed by atoms with Gasteiger partial charge in [-0.1, -0.05) is 29.7 Å². The SMILES string of the molecule is C1=CC#CCCCC=1SC1=CCCCC1. The van der Waals surface area contributed by atoms with E-state index in [1.54, 1.807) is 4.91 Å². The number of allylic oxidation sites excluding steroid dienone is 3. The largest absolute Gasteiger partial charge is 0.101 e. The predicted molar refractivity (Wildman–Crippen MR) is 67.4 cm³/mol. The molecule has 2 aliphatic carbocycles. The first-order valence-corrected chi connectivity index (χ1v) is 6.56. The summed E-state index contributed by atoms with van der Waals surface area (Å²) in [5.41, 5.74) is 3.31. The van der Waals surface area contributed by atoms with E-state index >= 15 is 0 Å². The third kappa shape index (κ3) is 3.67. The van der Waals surface area contributed by atoms with Gasteiger partial charge in [0.25, 0.3) is 0 Å². The molecule has 0 unspecified atom stereocenters. The van der Waals surface area contributed by atoms with Crippen LogP contribution in [-0.4, -0.2) is 0 Å². The zero-order valence-electron chi connectivity index (χ0n) is 9.01. The fourth-order valence-electron chi connectivity index (χ4n) is 1.79. The van der Waals surface area contributed by atoms with Crippen molar-refractivity contribution in [2.75, 3.05) is 0 Å². The van der Waals surface area contributed by atoms with Crippen LogP contribution in [0.15, 0.2) is 27.7 Å². The lowest BCUT2D eigenvalue weighted by Gasteiger charge is -2.12. The molecule has 0 saturated carbocycles. The Morgan fingerprint density at radius 2 is 2.13 bits per heavy atom. The minimum Gasteiger partial charge on any atom is -0.101 e. The van der Waals surface area contributed by atoms with Crippen LogP contribution in [0, 0.1) is 11.8 Å². The van der Waals surface area contributed by atoms with Crippen molar-refractivity contribution >= 4 is 11.8 Å². The van der Waals surface area contributed by atoms with Gasteiger partial charge in [0.05, 0.1) is 0 Å². The van der Waals surface area contributed by atoms with E-state index in [0.29, 0.717) is 0 Å². The minimum atomic E-state index is 1.03. The highest BCUT2D eigenvalue weighted by Gasteiger charge is 2.07. The zero-order valence-corrected chi connectivity index (χ0v) is 9.83. The molecule has 0 saturated heterocycles. The molecule has 78 valence electrons. The second kappa shape index (κ2) is 5.91. The van der Waals surface area contributed by atoms with E-state index in [2.05, 4.69) is 23.6 Å². The average molecular weight is 216 g/mol. The molecule has 0 amide bonds. The molecule has 1 heteroatoms. The highest BCUT2D eigenvalue weighted by Crippen LogP contribution is 2.34. The molecule has 0 aromatic rings. The van der Waals surface area contributed by atoms with E-state index in [1.165, 1.54) is 37.0 Å². The third-order valence-electron chi connectivity index (χ3n) is 2.62. The molecule has 0 bridgehead atoms. The van der Waals surface area contributed by atoms with E-state index in [-0.39, 0.29) is 0 Å². The van der Waals surface area contributed by atoms with Gasteiger partial charge in [-0.3, -0.25) is 0 Å². The monoisotopic (exact) mass is 216 g/mol. The standard InChI is InChI=1S/C14H16S/c1-2-5-9-13(10-6-3-1)15-14-11-7-4-8-12-14/h6,11H,2,4-5,7-9,12H2. The highest BCUT2D eigenvalue weighted by atomic mass is 32.2. The Bertz CT molecular complexity index is 370. The van der Waals surface area contributed by atoms with Crippen LogP contribution < -0.4 is 0 Å². The summed E-state index contributed by atoms with van der Waals surface area (Å²) in [6.07, 6.45) is 12.9. The Balaban J connectivity index is 2.01. The molecule has 15 heavy (non-hydrogen) atoms. The predicted octanol–water partition coefficient (Wildman–Crippen LogP) is 4.40. The van der Waals surface area contributed by atoms with Gasteiger partial charge >= 0.3 is 0 Å². The summed E-state index contributed by atoms with van der Waals surface area (Å²) < 4.78 is 0. The van der Waals surface area contributed by atoms with Gasteiger partial charge in [0.2, 0.25) is 0 Å². The van der Waals surface area contributed by atoms with Crippen LogP contribution in [0.5, 0.6) is 0 Å². The number of thioether (sulfide) groups is 1. The first kappa shape index (κ1) is 10.7. The van der Waals surface area contributed by atoms with Crippen molar-refractivity contribution in [2.45, 2.75) is 44.9 Å². The Labute approximate surface area is 96.5 Å². The number of hydrogen-bond donors (Lipinski definition) is 0. The van der Waals surface area contributed by atoms with Gasteiger partial charge in [0.15, 0.2) is 0 Å². The molecule has 0 atom stereocenters. The van der Waals surface area contributed by atoms with Crippen LogP contribution in [0.25, 0.3) is 0 Å². The van der Waals surface area contributed by atoms with E-state index < -0.39 is 0 Å². The van der Waals surface area contributed by atoms with Crippen LogP contribution in [0.2, 0.25) is 0 Å². The molecule has 2 rings (SSSR count). The van der Waals surface area contributed by atoms with E-state index in [4.69, 9.17) is 0 Å². The van der Waals surface area contributed by atoms with Crippen LogP contribution >= 0.6 is 11.8 Å². The summed E-state index contributed by atoms with van der Waals surface area (Å²) in [4.78, 5) is 2.92. The average Bonchev–Trinajstić information content (AvgIpc) is 2.23. The molecular weight excluding hydrogens is 200 g/mol. The van der Waals surface area contributed by atoms with Crippen molar-refractivity contribution in [3.8, 4) is 11.8 Å². The Hall–Kier alpha value is -0.830. The summed E-state index contributed by atoms with van der Waals surface area (Å²) in [6, 6.07) is 0. The summed E-state index contributed by atoms with van der Waals surface area (Å²) >= 11 is 1.93. The van der Waals surface area contributed by atoms with Gasteiger partial charge in [0.1, 0.15) is 0 Å². The lowest BCUT2D eigenvalue weighted by molar-refractivity contribution is 0.723. The first-order chi connectivity index (χ1) is 7.45. The summed E-state index contributed by atoms with van der Waals surface area (Å²) in [5, 5.41) is 0. The van der Waals surface area contributed by atoms with E-state index in [9.17, 15) is 0 Å². The molecular formula is C14H16S. The van der Waals surface area contributed by atoms with E-state index in [0.717, 1.165) is 12.8 Å². The topological polar surface area (TPSA) is 0 Å². The van der Waals surface area contributed by atoms with Crippen molar-refractivity contribution in [3.63, 3.8) is 0 Å². The van der Waals surface area contributed by atoms with Crippen molar-refractivity contribution in [3.05, 3.63) is 27.7 Å². The second-order valence-electron chi connectivity index (χ2n) is 3.90. The van der Waals surface area contributed by atoms with Gasteiger partial charge in [-0.2, -0.15) is 0 Å².